The van der Waals surface area contributed by atoms with Gasteiger partial charge in [0.1, 0.15) is 11.0 Å². The molecule has 3 nitrogen and oxygen atoms in total. The Bertz CT molecular complexity index is 386. The minimum absolute atomic E-state index is 0.510. The molecule has 1 aliphatic carbocycles. The van der Waals surface area contributed by atoms with Crippen LogP contribution < -0.4 is 5.32 Å². The normalized spacial score (nSPS) is 24.6. The number of halogens is 1. The Balaban J connectivity index is 2.04. The van der Waals surface area contributed by atoms with Gasteiger partial charge in [-0.1, -0.05) is 43.1 Å². The highest BCUT2D eigenvalue weighted by molar-refractivity contribution is 7.98. The summed E-state index contributed by atoms with van der Waals surface area (Å²) in [7, 11) is 0. The maximum Gasteiger partial charge on any atom is 0.190 e. The van der Waals surface area contributed by atoms with E-state index < -0.39 is 0 Å². The lowest BCUT2D eigenvalue weighted by Gasteiger charge is -2.27. The van der Waals surface area contributed by atoms with Crippen LogP contribution in [0.15, 0.2) is 11.2 Å². The van der Waals surface area contributed by atoms with Crippen LogP contribution in [-0.4, -0.2) is 22.3 Å². The van der Waals surface area contributed by atoms with Gasteiger partial charge in [-0.05, 0) is 25.0 Å². The Labute approximate surface area is 112 Å². The second-order valence-electron chi connectivity index (χ2n) is 4.68. The standard InChI is InChI=1S/C12H18ClN3S/c1-8-4-3-5-9(6-8)14-11-7-10(13)15-12(16-11)17-2/h7-9H,3-6H2,1-2H3,(H,14,15,16). The molecule has 1 fully saturated rings. The molecule has 0 spiro atoms. The number of hydrogen-bond acceptors (Lipinski definition) is 4. The monoisotopic (exact) mass is 271 g/mol. The highest BCUT2D eigenvalue weighted by atomic mass is 35.5. The highest BCUT2D eigenvalue weighted by Crippen LogP contribution is 2.26. The lowest BCUT2D eigenvalue weighted by atomic mass is 9.87. The van der Waals surface area contributed by atoms with Crippen molar-refractivity contribution >= 4 is 29.2 Å². The largest absolute Gasteiger partial charge is 0.367 e. The van der Waals surface area contributed by atoms with E-state index in [1.165, 1.54) is 37.4 Å². The summed E-state index contributed by atoms with van der Waals surface area (Å²) >= 11 is 7.48. The smallest absolute Gasteiger partial charge is 0.190 e. The number of rotatable bonds is 3. The van der Waals surface area contributed by atoms with E-state index in [0.29, 0.717) is 11.2 Å². The van der Waals surface area contributed by atoms with Crippen molar-refractivity contribution in [3.63, 3.8) is 0 Å². The molecule has 0 aromatic carbocycles. The van der Waals surface area contributed by atoms with Crippen molar-refractivity contribution < 1.29 is 0 Å². The lowest BCUT2D eigenvalue weighted by Crippen LogP contribution is -2.26. The first-order valence-corrected chi connectivity index (χ1v) is 7.62. The fraction of sp³-hybridized carbons (Fsp3) is 0.667. The molecule has 1 aromatic heterocycles. The van der Waals surface area contributed by atoms with Crippen molar-refractivity contribution in [1.82, 2.24) is 9.97 Å². The van der Waals surface area contributed by atoms with Gasteiger partial charge in [0.05, 0.1) is 0 Å². The summed E-state index contributed by atoms with van der Waals surface area (Å²) in [5.74, 6) is 1.66. The van der Waals surface area contributed by atoms with E-state index in [0.717, 1.165) is 16.9 Å². The number of nitrogens with one attached hydrogen (secondary N) is 1. The van der Waals surface area contributed by atoms with Crippen LogP contribution in [0.4, 0.5) is 5.82 Å². The maximum atomic E-state index is 5.97. The summed E-state index contributed by atoms with van der Waals surface area (Å²) in [5, 5.41) is 4.71. The van der Waals surface area contributed by atoms with Gasteiger partial charge in [-0.3, -0.25) is 0 Å². The Morgan fingerprint density at radius 2 is 2.24 bits per heavy atom. The Morgan fingerprint density at radius 3 is 2.94 bits per heavy atom. The predicted molar refractivity (Wildman–Crippen MR) is 73.9 cm³/mol. The molecule has 0 saturated heterocycles. The van der Waals surface area contributed by atoms with Crippen LogP contribution >= 0.6 is 23.4 Å². The quantitative estimate of drug-likeness (QED) is 0.515. The van der Waals surface area contributed by atoms with E-state index in [1.54, 1.807) is 6.07 Å². The maximum absolute atomic E-state index is 5.97. The summed E-state index contributed by atoms with van der Waals surface area (Å²) in [4.78, 5) is 8.57. The number of aromatic nitrogens is 2. The number of nitrogens with zero attached hydrogens (tertiary/aromatic N) is 2. The van der Waals surface area contributed by atoms with Gasteiger partial charge in [0.25, 0.3) is 0 Å². The van der Waals surface area contributed by atoms with Crippen LogP contribution in [0.1, 0.15) is 32.6 Å². The third-order valence-electron chi connectivity index (χ3n) is 3.15. The molecule has 1 aliphatic rings. The van der Waals surface area contributed by atoms with Crippen LogP contribution in [0.5, 0.6) is 0 Å². The van der Waals surface area contributed by atoms with E-state index in [4.69, 9.17) is 11.6 Å². The minimum Gasteiger partial charge on any atom is -0.367 e. The van der Waals surface area contributed by atoms with E-state index >= 15 is 0 Å². The first kappa shape index (κ1) is 13.0. The van der Waals surface area contributed by atoms with Crippen LogP contribution in [0, 0.1) is 5.92 Å². The molecular weight excluding hydrogens is 254 g/mol. The molecule has 1 saturated carbocycles. The fourth-order valence-corrected chi connectivity index (χ4v) is 2.95. The summed E-state index contributed by atoms with van der Waals surface area (Å²) in [6, 6.07) is 2.33. The number of anilines is 1. The summed E-state index contributed by atoms with van der Waals surface area (Å²) in [6.45, 7) is 2.31. The van der Waals surface area contributed by atoms with Crippen molar-refractivity contribution in [2.45, 2.75) is 43.8 Å². The molecule has 0 radical (unpaired) electrons. The van der Waals surface area contributed by atoms with Gasteiger partial charge in [0.2, 0.25) is 0 Å². The van der Waals surface area contributed by atoms with E-state index in [2.05, 4.69) is 22.2 Å². The first-order chi connectivity index (χ1) is 8.17. The zero-order valence-corrected chi connectivity index (χ0v) is 11.8. The topological polar surface area (TPSA) is 37.8 Å². The van der Waals surface area contributed by atoms with Crippen LogP contribution in [0.2, 0.25) is 5.15 Å². The van der Waals surface area contributed by atoms with E-state index in [1.807, 2.05) is 6.26 Å². The van der Waals surface area contributed by atoms with Gasteiger partial charge in [0, 0.05) is 12.1 Å². The first-order valence-electron chi connectivity index (χ1n) is 6.02. The molecular formula is C12H18ClN3S. The predicted octanol–water partition coefficient (Wildman–Crippen LogP) is 3.84. The van der Waals surface area contributed by atoms with Gasteiger partial charge in [-0.15, -0.1) is 0 Å². The number of thioether (sulfide) groups is 1. The summed E-state index contributed by atoms with van der Waals surface area (Å²) in [6.07, 6.45) is 7.04. The van der Waals surface area contributed by atoms with Crippen molar-refractivity contribution in [2.75, 3.05) is 11.6 Å². The molecule has 0 aliphatic heterocycles. The van der Waals surface area contributed by atoms with Gasteiger partial charge >= 0.3 is 0 Å². The summed E-state index contributed by atoms with van der Waals surface area (Å²) in [5.41, 5.74) is 0. The van der Waals surface area contributed by atoms with Crippen LogP contribution in [0.25, 0.3) is 0 Å². The zero-order valence-electron chi connectivity index (χ0n) is 10.2. The van der Waals surface area contributed by atoms with Crippen molar-refractivity contribution in [3.05, 3.63) is 11.2 Å². The SMILES string of the molecule is CSc1nc(Cl)cc(NC2CCCC(C)C2)n1. The third-order valence-corrected chi connectivity index (χ3v) is 3.89. The third kappa shape index (κ3) is 3.75. The zero-order chi connectivity index (χ0) is 12.3. The second-order valence-corrected chi connectivity index (χ2v) is 5.84. The average molecular weight is 272 g/mol. The molecule has 1 aromatic rings. The van der Waals surface area contributed by atoms with Gasteiger partial charge in [-0.2, -0.15) is 0 Å². The van der Waals surface area contributed by atoms with Crippen molar-refractivity contribution in [1.29, 1.82) is 0 Å². The molecule has 2 unspecified atom stereocenters. The molecule has 5 heteroatoms. The Morgan fingerprint density at radius 1 is 1.41 bits per heavy atom. The van der Waals surface area contributed by atoms with Gasteiger partial charge in [-0.25, -0.2) is 9.97 Å². The van der Waals surface area contributed by atoms with Gasteiger partial charge < -0.3 is 5.32 Å². The van der Waals surface area contributed by atoms with Crippen LogP contribution in [0.3, 0.4) is 0 Å². The molecule has 2 rings (SSSR count). The van der Waals surface area contributed by atoms with E-state index in [9.17, 15) is 0 Å². The van der Waals surface area contributed by atoms with Crippen LogP contribution in [-0.2, 0) is 0 Å². The fourth-order valence-electron chi connectivity index (χ4n) is 2.34. The minimum atomic E-state index is 0.510. The van der Waals surface area contributed by atoms with Gasteiger partial charge in [0.15, 0.2) is 5.16 Å². The lowest BCUT2D eigenvalue weighted by molar-refractivity contribution is 0.358. The van der Waals surface area contributed by atoms with Crippen molar-refractivity contribution in [3.8, 4) is 0 Å². The van der Waals surface area contributed by atoms with E-state index in [-0.39, 0.29) is 0 Å². The Kier molecular flexibility index (Phi) is 4.51. The molecule has 1 heterocycles. The molecule has 1 N–H and O–H groups in total. The molecule has 2 atom stereocenters. The second kappa shape index (κ2) is 5.91. The Hall–Kier alpha value is -0.480. The highest BCUT2D eigenvalue weighted by Gasteiger charge is 2.19. The van der Waals surface area contributed by atoms with Crippen molar-refractivity contribution in [2.24, 2.45) is 5.92 Å². The number of hydrogen-bond donors (Lipinski definition) is 1. The molecule has 17 heavy (non-hydrogen) atoms. The molecule has 94 valence electrons. The molecule has 0 bridgehead atoms. The average Bonchev–Trinajstić information content (AvgIpc) is 2.28. The summed E-state index contributed by atoms with van der Waals surface area (Å²) < 4.78 is 0. The molecule has 0 amide bonds.